The van der Waals surface area contributed by atoms with E-state index in [1.165, 1.54) is 38.5 Å². The fraction of sp³-hybridized carbons (Fsp3) is 1.00. The molecule has 2 fully saturated rings. The van der Waals surface area contributed by atoms with Crippen LogP contribution < -0.4 is 0 Å². The highest BCUT2D eigenvalue weighted by atomic mass is 32.2. The monoisotopic (exact) mass is 365 g/mol. The molecule has 0 bridgehead atoms. The van der Waals surface area contributed by atoms with Crippen LogP contribution in [0.15, 0.2) is 0 Å². The Bertz CT molecular complexity index is 491. The van der Waals surface area contributed by atoms with Gasteiger partial charge in [-0.3, -0.25) is 8.76 Å². The van der Waals surface area contributed by atoms with Gasteiger partial charge in [0.15, 0.2) is 0 Å². The van der Waals surface area contributed by atoms with E-state index in [1.807, 2.05) is 0 Å². The molecule has 0 spiro atoms. The summed E-state index contributed by atoms with van der Waals surface area (Å²) < 4.78 is 51.7. The van der Waals surface area contributed by atoms with Crippen LogP contribution in [0.25, 0.3) is 0 Å². The van der Waals surface area contributed by atoms with Crippen molar-refractivity contribution in [3.05, 3.63) is 0 Å². The molecule has 0 aromatic rings. The summed E-state index contributed by atoms with van der Waals surface area (Å²) in [5.41, 5.74) is 0. The average molecular weight is 366 g/mol. The Morgan fingerprint density at radius 2 is 1.52 bits per heavy atom. The molecule has 2 aliphatic rings. The molecule has 0 heterocycles. The van der Waals surface area contributed by atoms with E-state index in [-0.39, 0.29) is 11.5 Å². The maximum atomic E-state index is 10.8. The largest absolute Gasteiger partial charge is 0.772 e. The lowest BCUT2D eigenvalue weighted by molar-refractivity contribution is 0.117. The van der Waals surface area contributed by atoms with Gasteiger partial charge in [-0.25, -0.2) is 0 Å². The van der Waals surface area contributed by atoms with E-state index in [2.05, 4.69) is 0 Å². The molecule has 23 heavy (non-hydrogen) atoms. The summed E-state index contributed by atoms with van der Waals surface area (Å²) in [5.74, 6) is 2.89. The summed E-state index contributed by atoms with van der Waals surface area (Å²) >= 11 is -1.91. The zero-order chi connectivity index (χ0) is 16.9. The third-order valence-corrected chi connectivity index (χ3v) is 7.29. The van der Waals surface area contributed by atoms with Crippen molar-refractivity contribution >= 4 is 21.2 Å². The molecule has 5 atom stereocenters. The minimum Gasteiger partial charge on any atom is -0.772 e. The molecule has 2 aliphatic carbocycles. The van der Waals surface area contributed by atoms with Crippen LogP contribution in [0.2, 0.25) is 0 Å². The second-order valence-electron chi connectivity index (χ2n) is 7.36. The Hall–Kier alpha value is 0.0200. The van der Waals surface area contributed by atoms with Crippen LogP contribution in [0.3, 0.4) is 0 Å². The van der Waals surface area contributed by atoms with Gasteiger partial charge in [0.2, 0.25) is 0 Å². The van der Waals surface area contributed by atoms with Gasteiger partial charge >= 0.3 is 0 Å². The van der Waals surface area contributed by atoms with Crippen LogP contribution in [0, 0.1) is 23.7 Å². The standard InChI is InChI=1S/C16H30O5S2/c17-22(18)10-2-6-14-8-9-16(14)12-15-5-1-4-13(15)7-3-11-23(19,20)21/h13-16H,1-12H2,(H,17,18)(H,19,20,21)/p-1. The third-order valence-electron chi connectivity index (χ3n) is 5.86. The molecule has 2 saturated carbocycles. The zero-order valence-corrected chi connectivity index (χ0v) is 15.3. The SMILES string of the molecule is O=S([O-])CCCC1CCC1CC1CCCC1CCCS(=O)(=O)O. The van der Waals surface area contributed by atoms with E-state index in [0.29, 0.717) is 24.2 Å². The van der Waals surface area contributed by atoms with Crippen molar-refractivity contribution in [1.82, 2.24) is 0 Å². The van der Waals surface area contributed by atoms with Gasteiger partial charge in [-0.1, -0.05) is 30.3 Å². The molecule has 5 nitrogen and oxygen atoms in total. The van der Waals surface area contributed by atoms with Crippen LogP contribution >= 0.6 is 0 Å². The fourth-order valence-corrected chi connectivity index (χ4v) is 5.45. The third kappa shape index (κ3) is 6.80. The first-order chi connectivity index (χ1) is 10.8. The van der Waals surface area contributed by atoms with E-state index in [4.69, 9.17) is 4.55 Å². The predicted octanol–water partition coefficient (Wildman–Crippen LogP) is 3.15. The van der Waals surface area contributed by atoms with Gasteiger partial charge in [-0.05, 0) is 68.6 Å². The maximum absolute atomic E-state index is 10.8. The predicted molar refractivity (Wildman–Crippen MR) is 90.3 cm³/mol. The van der Waals surface area contributed by atoms with Gasteiger partial charge in [0, 0.05) is 5.75 Å². The lowest BCUT2D eigenvalue weighted by atomic mass is 9.66. The number of hydrogen-bond acceptors (Lipinski definition) is 4. The Balaban J connectivity index is 1.70. The van der Waals surface area contributed by atoms with Crippen molar-refractivity contribution in [2.24, 2.45) is 23.7 Å². The highest BCUT2D eigenvalue weighted by Crippen LogP contribution is 2.47. The highest BCUT2D eigenvalue weighted by molar-refractivity contribution is 7.85. The fourth-order valence-electron chi connectivity index (χ4n) is 4.51. The second-order valence-corrected chi connectivity index (χ2v) is 9.95. The molecule has 2 rings (SSSR count). The highest BCUT2D eigenvalue weighted by Gasteiger charge is 2.36. The van der Waals surface area contributed by atoms with E-state index in [9.17, 15) is 17.2 Å². The summed E-state index contributed by atoms with van der Waals surface area (Å²) in [6, 6.07) is 0. The zero-order valence-electron chi connectivity index (χ0n) is 13.7. The van der Waals surface area contributed by atoms with Gasteiger partial charge < -0.3 is 4.55 Å². The molecule has 1 N–H and O–H groups in total. The van der Waals surface area contributed by atoms with Crippen molar-refractivity contribution in [3.63, 3.8) is 0 Å². The molecule has 7 heteroatoms. The van der Waals surface area contributed by atoms with Crippen molar-refractivity contribution in [1.29, 1.82) is 0 Å². The molecule has 0 radical (unpaired) electrons. The first-order valence-corrected chi connectivity index (χ1v) is 11.7. The Kier molecular flexibility index (Phi) is 7.51. The molecule has 0 amide bonds. The van der Waals surface area contributed by atoms with Crippen LogP contribution in [-0.4, -0.2) is 33.2 Å². The molecule has 0 aromatic carbocycles. The maximum Gasteiger partial charge on any atom is 0.264 e. The summed E-state index contributed by atoms with van der Waals surface area (Å²) in [7, 11) is -3.83. The molecule has 0 aromatic heterocycles. The van der Waals surface area contributed by atoms with Gasteiger partial charge in [0.05, 0.1) is 5.75 Å². The summed E-state index contributed by atoms with van der Waals surface area (Å²) in [6.07, 6.45) is 10.6. The van der Waals surface area contributed by atoms with Crippen LogP contribution in [0.4, 0.5) is 0 Å². The topological polar surface area (TPSA) is 94.5 Å². The molecule has 136 valence electrons. The summed E-state index contributed by atoms with van der Waals surface area (Å²) in [4.78, 5) is 0. The Morgan fingerprint density at radius 1 is 0.957 bits per heavy atom. The molecule has 0 aliphatic heterocycles. The molecular formula is C16H29O5S2-. The molecule has 5 unspecified atom stereocenters. The van der Waals surface area contributed by atoms with Crippen LogP contribution in [0.1, 0.15) is 64.2 Å². The van der Waals surface area contributed by atoms with Crippen molar-refractivity contribution in [2.45, 2.75) is 64.2 Å². The number of rotatable bonds is 10. The lowest BCUT2D eigenvalue weighted by Crippen LogP contribution is -2.29. The molecular weight excluding hydrogens is 336 g/mol. The first kappa shape index (κ1) is 19.3. The van der Waals surface area contributed by atoms with Gasteiger partial charge in [0.25, 0.3) is 10.1 Å². The Morgan fingerprint density at radius 3 is 2.13 bits per heavy atom. The molecule has 0 saturated heterocycles. The van der Waals surface area contributed by atoms with Crippen LogP contribution in [-0.2, 0) is 21.2 Å². The Labute approximate surface area is 142 Å². The normalized spacial score (nSPS) is 32.6. The summed E-state index contributed by atoms with van der Waals surface area (Å²) in [5, 5.41) is 0. The van der Waals surface area contributed by atoms with Gasteiger partial charge in [0.1, 0.15) is 0 Å². The van der Waals surface area contributed by atoms with E-state index in [0.717, 1.165) is 25.2 Å². The van der Waals surface area contributed by atoms with Crippen LogP contribution in [0.5, 0.6) is 0 Å². The van der Waals surface area contributed by atoms with Crippen molar-refractivity contribution in [2.75, 3.05) is 11.5 Å². The lowest BCUT2D eigenvalue weighted by Gasteiger charge is -2.39. The smallest absolute Gasteiger partial charge is 0.264 e. The van der Waals surface area contributed by atoms with Crippen molar-refractivity contribution < 1.29 is 21.7 Å². The quantitative estimate of drug-likeness (QED) is 0.474. The van der Waals surface area contributed by atoms with E-state index in [1.54, 1.807) is 0 Å². The second kappa shape index (κ2) is 8.92. The minimum absolute atomic E-state index is 0.116. The number of hydrogen-bond donors (Lipinski definition) is 1. The summed E-state index contributed by atoms with van der Waals surface area (Å²) in [6.45, 7) is 0. The first-order valence-electron chi connectivity index (χ1n) is 8.86. The van der Waals surface area contributed by atoms with Gasteiger partial charge in [-0.2, -0.15) is 8.42 Å². The van der Waals surface area contributed by atoms with E-state index >= 15 is 0 Å². The average Bonchev–Trinajstić information content (AvgIpc) is 2.85. The van der Waals surface area contributed by atoms with Gasteiger partial charge in [-0.15, -0.1) is 0 Å². The van der Waals surface area contributed by atoms with Crippen molar-refractivity contribution in [3.8, 4) is 0 Å². The van der Waals surface area contributed by atoms with E-state index < -0.39 is 21.2 Å². The minimum atomic E-state index is -3.83.